The molecule has 0 bridgehead atoms. The van der Waals surface area contributed by atoms with Crippen LogP contribution in [0.25, 0.3) is 0 Å². The molecule has 0 aromatic carbocycles. The van der Waals surface area contributed by atoms with Gasteiger partial charge in [-0.1, -0.05) is 20.8 Å². The second kappa shape index (κ2) is 2.86. The molecule has 0 aliphatic carbocycles. The second-order valence-corrected chi connectivity index (χ2v) is 5.04. The van der Waals surface area contributed by atoms with E-state index in [1.165, 1.54) is 4.88 Å². The van der Waals surface area contributed by atoms with E-state index in [1.807, 2.05) is 6.07 Å². The number of anilines is 1. The first-order valence-corrected chi connectivity index (χ1v) is 4.69. The van der Waals surface area contributed by atoms with Crippen LogP contribution in [0.1, 0.15) is 25.6 Å². The Labute approximate surface area is 72.2 Å². The van der Waals surface area contributed by atoms with Gasteiger partial charge >= 0.3 is 0 Å². The number of rotatable bonds is 1. The van der Waals surface area contributed by atoms with Crippen LogP contribution >= 0.6 is 11.3 Å². The molecule has 1 rings (SSSR count). The van der Waals surface area contributed by atoms with Crippen LogP contribution in [0.5, 0.6) is 0 Å². The van der Waals surface area contributed by atoms with E-state index in [1.54, 1.807) is 11.3 Å². The smallest absolute Gasteiger partial charge is 0.0455 e. The Morgan fingerprint density at radius 3 is 2.45 bits per heavy atom. The Bertz CT molecular complexity index is 232. The maximum Gasteiger partial charge on any atom is 0.0455 e. The quantitative estimate of drug-likeness (QED) is 0.687. The first kappa shape index (κ1) is 8.60. The highest BCUT2D eigenvalue weighted by Crippen LogP contribution is 2.27. The van der Waals surface area contributed by atoms with E-state index in [9.17, 15) is 0 Å². The van der Waals surface area contributed by atoms with Gasteiger partial charge in [-0.3, -0.25) is 0 Å². The van der Waals surface area contributed by atoms with Gasteiger partial charge in [0, 0.05) is 10.6 Å². The summed E-state index contributed by atoms with van der Waals surface area (Å²) in [6.45, 7) is 6.68. The molecule has 0 fully saturated rings. The molecule has 2 N–H and O–H groups in total. The molecule has 0 aliphatic rings. The summed E-state index contributed by atoms with van der Waals surface area (Å²) in [6, 6.07) is 1.98. The average molecular weight is 169 g/mol. The summed E-state index contributed by atoms with van der Waals surface area (Å²) in [7, 11) is 0. The minimum Gasteiger partial charge on any atom is -0.398 e. The van der Waals surface area contributed by atoms with Crippen molar-refractivity contribution >= 4 is 17.0 Å². The molecule has 0 saturated carbocycles. The Hall–Kier alpha value is -0.500. The molecule has 0 saturated heterocycles. The van der Waals surface area contributed by atoms with Gasteiger partial charge in [-0.05, 0) is 23.3 Å². The topological polar surface area (TPSA) is 26.0 Å². The van der Waals surface area contributed by atoms with Gasteiger partial charge in [-0.2, -0.15) is 0 Å². The molecule has 0 unspecified atom stereocenters. The van der Waals surface area contributed by atoms with Crippen molar-refractivity contribution in [2.45, 2.75) is 27.2 Å². The Morgan fingerprint density at radius 2 is 2.09 bits per heavy atom. The number of hydrogen-bond donors (Lipinski definition) is 1. The molecule has 1 aromatic rings. The summed E-state index contributed by atoms with van der Waals surface area (Å²) >= 11 is 1.75. The van der Waals surface area contributed by atoms with E-state index >= 15 is 0 Å². The van der Waals surface area contributed by atoms with Gasteiger partial charge in [-0.15, -0.1) is 11.3 Å². The third kappa shape index (κ3) is 2.54. The lowest BCUT2D eigenvalue weighted by atomic mass is 9.91. The zero-order valence-corrected chi connectivity index (χ0v) is 8.16. The van der Waals surface area contributed by atoms with Crippen LogP contribution in [-0.4, -0.2) is 0 Å². The molecule has 0 aliphatic heterocycles. The van der Waals surface area contributed by atoms with Gasteiger partial charge < -0.3 is 5.73 Å². The molecule has 0 spiro atoms. The predicted octanol–water partition coefficient (Wildman–Crippen LogP) is 2.92. The number of thiophene rings is 1. The van der Waals surface area contributed by atoms with Crippen molar-refractivity contribution in [1.82, 2.24) is 0 Å². The lowest BCUT2D eigenvalue weighted by Gasteiger charge is -2.16. The molecule has 0 atom stereocenters. The zero-order chi connectivity index (χ0) is 8.48. The highest BCUT2D eigenvalue weighted by atomic mass is 32.1. The SMILES string of the molecule is CC(C)(C)Cc1sccc1N. The maximum atomic E-state index is 5.76. The fourth-order valence-electron chi connectivity index (χ4n) is 0.976. The lowest BCUT2D eigenvalue weighted by molar-refractivity contribution is 0.415. The summed E-state index contributed by atoms with van der Waals surface area (Å²) in [4.78, 5) is 1.32. The van der Waals surface area contributed by atoms with Gasteiger partial charge in [0.05, 0.1) is 0 Å². The van der Waals surface area contributed by atoms with Crippen LogP contribution in [0.3, 0.4) is 0 Å². The van der Waals surface area contributed by atoms with E-state index in [4.69, 9.17) is 5.73 Å². The monoisotopic (exact) mass is 169 g/mol. The van der Waals surface area contributed by atoms with Crippen LogP contribution < -0.4 is 5.73 Å². The number of nitrogen functional groups attached to an aromatic ring is 1. The molecule has 62 valence electrons. The van der Waals surface area contributed by atoms with E-state index < -0.39 is 0 Å². The highest BCUT2D eigenvalue weighted by molar-refractivity contribution is 7.10. The predicted molar refractivity (Wildman–Crippen MR) is 51.9 cm³/mol. The molecule has 2 heteroatoms. The fraction of sp³-hybridized carbons (Fsp3) is 0.556. The molecule has 1 aromatic heterocycles. The van der Waals surface area contributed by atoms with E-state index in [2.05, 4.69) is 26.2 Å². The largest absolute Gasteiger partial charge is 0.398 e. The minimum atomic E-state index is 0.346. The summed E-state index contributed by atoms with van der Waals surface area (Å²) in [5.74, 6) is 0. The van der Waals surface area contributed by atoms with E-state index in [0.717, 1.165) is 12.1 Å². The van der Waals surface area contributed by atoms with Crippen molar-refractivity contribution < 1.29 is 0 Å². The van der Waals surface area contributed by atoms with Crippen LogP contribution in [0.2, 0.25) is 0 Å². The average Bonchev–Trinajstić information content (AvgIpc) is 2.12. The molecular formula is C9H15NS. The Morgan fingerprint density at radius 1 is 1.45 bits per heavy atom. The van der Waals surface area contributed by atoms with Crippen molar-refractivity contribution in [3.63, 3.8) is 0 Å². The highest BCUT2D eigenvalue weighted by Gasteiger charge is 2.13. The van der Waals surface area contributed by atoms with Gasteiger partial charge in [0.1, 0.15) is 0 Å². The van der Waals surface area contributed by atoms with E-state index in [-0.39, 0.29) is 0 Å². The third-order valence-electron chi connectivity index (χ3n) is 1.47. The molecule has 1 nitrogen and oxygen atoms in total. The van der Waals surface area contributed by atoms with Gasteiger partial charge in [0.15, 0.2) is 0 Å². The first-order valence-electron chi connectivity index (χ1n) is 3.81. The lowest BCUT2D eigenvalue weighted by Crippen LogP contribution is -2.08. The van der Waals surface area contributed by atoms with Crippen LogP contribution in [-0.2, 0) is 6.42 Å². The van der Waals surface area contributed by atoms with Crippen molar-refractivity contribution in [2.75, 3.05) is 5.73 Å². The third-order valence-corrected chi connectivity index (χ3v) is 2.41. The van der Waals surface area contributed by atoms with Crippen LogP contribution in [0.4, 0.5) is 5.69 Å². The van der Waals surface area contributed by atoms with Crippen molar-refractivity contribution in [1.29, 1.82) is 0 Å². The fourth-order valence-corrected chi connectivity index (χ4v) is 2.08. The van der Waals surface area contributed by atoms with Crippen LogP contribution in [0.15, 0.2) is 11.4 Å². The second-order valence-electron chi connectivity index (χ2n) is 4.04. The van der Waals surface area contributed by atoms with Crippen molar-refractivity contribution in [3.05, 3.63) is 16.3 Å². The molecule has 1 heterocycles. The summed E-state index contributed by atoms with van der Waals surface area (Å²) < 4.78 is 0. The molecule has 0 radical (unpaired) electrons. The summed E-state index contributed by atoms with van der Waals surface area (Å²) in [5, 5.41) is 2.05. The normalized spacial score (nSPS) is 11.9. The number of hydrogen-bond acceptors (Lipinski definition) is 2. The molecule has 11 heavy (non-hydrogen) atoms. The van der Waals surface area contributed by atoms with Gasteiger partial charge in [0.25, 0.3) is 0 Å². The van der Waals surface area contributed by atoms with E-state index in [0.29, 0.717) is 5.41 Å². The van der Waals surface area contributed by atoms with Gasteiger partial charge in [-0.25, -0.2) is 0 Å². The molecule has 0 amide bonds. The minimum absolute atomic E-state index is 0.346. The maximum absolute atomic E-state index is 5.76. The number of nitrogens with two attached hydrogens (primary N) is 1. The Balaban J connectivity index is 2.72. The zero-order valence-electron chi connectivity index (χ0n) is 7.35. The summed E-state index contributed by atoms with van der Waals surface area (Å²) in [5.41, 5.74) is 7.05. The standard InChI is InChI=1S/C9H15NS/c1-9(2,3)6-8-7(10)4-5-11-8/h4-5H,6,10H2,1-3H3. The van der Waals surface area contributed by atoms with Crippen molar-refractivity contribution in [3.8, 4) is 0 Å². The summed E-state index contributed by atoms with van der Waals surface area (Å²) in [6.07, 6.45) is 1.08. The van der Waals surface area contributed by atoms with Gasteiger partial charge in [0.2, 0.25) is 0 Å². The molecular weight excluding hydrogens is 154 g/mol. The first-order chi connectivity index (χ1) is 4.99. The Kier molecular flexibility index (Phi) is 2.23. The van der Waals surface area contributed by atoms with Crippen LogP contribution in [0, 0.1) is 5.41 Å². The van der Waals surface area contributed by atoms with Crippen molar-refractivity contribution in [2.24, 2.45) is 5.41 Å².